The Balaban J connectivity index is 2.02. The molecule has 0 aromatic heterocycles. The largest absolute Gasteiger partial charge is 0.462 e. The van der Waals surface area contributed by atoms with Crippen LogP contribution in [0.15, 0.2) is 128 Å². The van der Waals surface area contributed by atoms with Gasteiger partial charge in [-0.05, 0) is 69.7 Å². The second kappa shape index (κ2) is 18.0. The monoisotopic (exact) mass is 692 g/mol. The van der Waals surface area contributed by atoms with E-state index >= 15 is 4.39 Å². The van der Waals surface area contributed by atoms with Gasteiger partial charge in [0.25, 0.3) is 0 Å². The highest BCUT2D eigenvalue weighted by molar-refractivity contribution is 5.92. The summed E-state index contributed by atoms with van der Waals surface area (Å²) in [7, 11) is 0. The van der Waals surface area contributed by atoms with Gasteiger partial charge in [0, 0.05) is 33.9 Å². The van der Waals surface area contributed by atoms with Gasteiger partial charge < -0.3 is 28.4 Å². The number of hydrogen-bond donors (Lipinski definition) is 0. The van der Waals surface area contributed by atoms with Crippen LogP contribution >= 0.6 is 0 Å². The van der Waals surface area contributed by atoms with Gasteiger partial charge in [-0.3, -0.25) is 0 Å². The lowest BCUT2D eigenvalue weighted by Gasteiger charge is -2.16. The summed E-state index contributed by atoms with van der Waals surface area (Å²) in [5.41, 5.74) is 0.805. The number of rotatable bonds is 13. The quantitative estimate of drug-likeness (QED) is 0.0577. The fraction of sp³-hybridized carbons (Fsp3) is 0.100. The van der Waals surface area contributed by atoms with E-state index in [1.165, 1.54) is 64.3 Å². The fourth-order valence-electron chi connectivity index (χ4n) is 3.57. The number of carbonyl (C=O) groups is 4. The maximum absolute atomic E-state index is 16.5. The molecule has 0 atom stereocenters. The molecule has 0 fully saturated rings. The van der Waals surface area contributed by atoms with Gasteiger partial charge in [-0.1, -0.05) is 50.3 Å². The molecule has 10 nitrogen and oxygen atoms in total. The highest BCUT2D eigenvalue weighted by Gasteiger charge is 2.25. The van der Waals surface area contributed by atoms with Crippen molar-refractivity contribution in [3.8, 4) is 46.0 Å². The van der Waals surface area contributed by atoms with Gasteiger partial charge in [0.1, 0.15) is 42.3 Å². The highest BCUT2D eigenvalue weighted by Crippen LogP contribution is 2.41. The van der Waals surface area contributed by atoms with Gasteiger partial charge in [-0.25, -0.2) is 23.6 Å². The second-order valence-corrected chi connectivity index (χ2v) is 10.7. The van der Waals surface area contributed by atoms with E-state index in [0.717, 1.165) is 18.8 Å². The molecule has 0 saturated carbocycles. The van der Waals surface area contributed by atoms with Gasteiger partial charge in [0.05, 0.1) is 11.1 Å². The van der Waals surface area contributed by atoms with E-state index in [4.69, 9.17) is 28.4 Å². The zero-order valence-corrected chi connectivity index (χ0v) is 28.3. The summed E-state index contributed by atoms with van der Waals surface area (Å²) in [6.45, 7) is 19.9. The number of benzene rings is 3. The summed E-state index contributed by atoms with van der Waals surface area (Å²) in [6.07, 6.45) is 4.40. The molecule has 11 heteroatoms. The van der Waals surface area contributed by atoms with Crippen LogP contribution in [0.1, 0.15) is 38.8 Å². The highest BCUT2D eigenvalue weighted by atomic mass is 19.1. The Kier molecular flexibility index (Phi) is 13.6. The van der Waals surface area contributed by atoms with E-state index in [2.05, 4.69) is 38.2 Å². The molecule has 0 heterocycles. The number of hydrogen-bond acceptors (Lipinski definition) is 10. The van der Waals surface area contributed by atoms with E-state index < -0.39 is 35.4 Å². The van der Waals surface area contributed by atoms with Gasteiger partial charge in [-0.2, -0.15) is 0 Å². The minimum Gasteiger partial charge on any atom is -0.462 e. The van der Waals surface area contributed by atoms with Gasteiger partial charge in [-0.15, -0.1) is 0 Å². The molecule has 3 aromatic carbocycles. The maximum Gasteiger partial charge on any atom is 0.338 e. The number of esters is 4. The molecule has 0 saturated heterocycles. The molecule has 3 rings (SSSR count). The van der Waals surface area contributed by atoms with Crippen LogP contribution < -0.4 is 18.9 Å². The van der Waals surface area contributed by atoms with Crippen molar-refractivity contribution in [2.75, 3.05) is 0 Å². The SMILES string of the molecule is C=C(C)C(=O)O/C=C/Oc1ccc(C#Cc2cc(OC(=O)C(=C)C)c(-c3ccc(O/C=C/OC(=O)C(=C)C)cc3)c(F)c2OC(=O)C(=C)C)cc1. The van der Waals surface area contributed by atoms with Crippen molar-refractivity contribution in [3.63, 3.8) is 0 Å². The van der Waals surface area contributed by atoms with Crippen molar-refractivity contribution < 1.29 is 52.0 Å². The van der Waals surface area contributed by atoms with Crippen LogP contribution in [0.5, 0.6) is 23.0 Å². The lowest BCUT2D eigenvalue weighted by molar-refractivity contribution is -0.134. The predicted octanol–water partition coefficient (Wildman–Crippen LogP) is 7.79. The molecule has 0 radical (unpaired) electrons. The van der Waals surface area contributed by atoms with E-state index in [-0.39, 0.29) is 50.5 Å². The number of carbonyl (C=O) groups excluding carboxylic acids is 4. The summed E-state index contributed by atoms with van der Waals surface area (Å²) >= 11 is 0. The summed E-state index contributed by atoms with van der Waals surface area (Å²) in [6, 6.07) is 13.5. The minimum absolute atomic E-state index is 0.00448. The first-order valence-electron chi connectivity index (χ1n) is 14.9. The van der Waals surface area contributed by atoms with Crippen LogP contribution in [-0.4, -0.2) is 23.9 Å². The molecule has 0 aliphatic rings. The second-order valence-electron chi connectivity index (χ2n) is 10.7. The van der Waals surface area contributed by atoms with Gasteiger partial charge in [0.2, 0.25) is 0 Å². The minimum atomic E-state index is -1.05. The van der Waals surface area contributed by atoms with E-state index in [1.807, 2.05) is 0 Å². The molecular weight excluding hydrogens is 659 g/mol. The van der Waals surface area contributed by atoms with Crippen LogP contribution in [0.25, 0.3) is 11.1 Å². The third-order valence-electron chi connectivity index (χ3n) is 6.18. The average molecular weight is 693 g/mol. The van der Waals surface area contributed by atoms with Crippen LogP contribution in [0.3, 0.4) is 0 Å². The average Bonchev–Trinajstić information content (AvgIpc) is 3.09. The number of ether oxygens (including phenoxy) is 6. The summed E-state index contributed by atoms with van der Waals surface area (Å²) in [5, 5.41) is 0. The molecular formula is C40H33FO10. The van der Waals surface area contributed by atoms with Crippen molar-refractivity contribution in [2.45, 2.75) is 27.7 Å². The van der Waals surface area contributed by atoms with Crippen molar-refractivity contribution in [2.24, 2.45) is 0 Å². The lowest BCUT2D eigenvalue weighted by Crippen LogP contribution is -2.13. The van der Waals surface area contributed by atoms with Crippen molar-refractivity contribution in [1.82, 2.24) is 0 Å². The Morgan fingerprint density at radius 1 is 0.608 bits per heavy atom. The Morgan fingerprint density at radius 2 is 1.06 bits per heavy atom. The summed E-state index contributed by atoms with van der Waals surface area (Å²) in [5.74, 6) is 1.52. The van der Waals surface area contributed by atoms with E-state index in [9.17, 15) is 19.2 Å². The Hall–Kier alpha value is -6.93. The van der Waals surface area contributed by atoms with Crippen molar-refractivity contribution >= 4 is 23.9 Å². The molecule has 3 aromatic rings. The molecule has 0 aliphatic heterocycles. The van der Waals surface area contributed by atoms with E-state index in [0.29, 0.717) is 11.3 Å². The molecule has 0 amide bonds. The normalized spacial score (nSPS) is 10.4. The Bertz CT molecular complexity index is 2020. The summed E-state index contributed by atoms with van der Waals surface area (Å²) < 4.78 is 47.9. The molecule has 0 aliphatic carbocycles. The molecule has 0 N–H and O–H groups in total. The van der Waals surface area contributed by atoms with Gasteiger partial charge >= 0.3 is 23.9 Å². The Morgan fingerprint density at radius 3 is 1.53 bits per heavy atom. The molecule has 51 heavy (non-hydrogen) atoms. The van der Waals surface area contributed by atoms with Gasteiger partial charge in [0.15, 0.2) is 11.6 Å². The Labute approximate surface area is 294 Å². The first kappa shape index (κ1) is 38.5. The zero-order valence-electron chi connectivity index (χ0n) is 28.3. The van der Waals surface area contributed by atoms with Crippen LogP contribution in [0.2, 0.25) is 0 Å². The molecule has 0 bridgehead atoms. The molecule has 0 unspecified atom stereocenters. The van der Waals surface area contributed by atoms with Crippen molar-refractivity contribution in [1.29, 1.82) is 0 Å². The smallest absolute Gasteiger partial charge is 0.338 e. The predicted molar refractivity (Wildman–Crippen MR) is 187 cm³/mol. The fourth-order valence-corrected chi connectivity index (χ4v) is 3.57. The summed E-state index contributed by atoms with van der Waals surface area (Å²) in [4.78, 5) is 48.2. The first-order valence-corrected chi connectivity index (χ1v) is 14.9. The third kappa shape index (κ3) is 11.3. The number of halogens is 1. The van der Waals surface area contributed by atoms with Crippen LogP contribution in [0, 0.1) is 17.7 Å². The molecule has 0 spiro atoms. The lowest BCUT2D eigenvalue weighted by atomic mass is 10.00. The van der Waals surface area contributed by atoms with Crippen LogP contribution in [0.4, 0.5) is 4.39 Å². The van der Waals surface area contributed by atoms with Crippen molar-refractivity contribution in [3.05, 3.63) is 145 Å². The zero-order chi connectivity index (χ0) is 37.7. The van der Waals surface area contributed by atoms with Crippen LogP contribution in [-0.2, 0) is 28.7 Å². The standard InChI is InChI=1S/C40H33FO10/c1-24(2)37(42)48-21-19-46-31-15-10-28(11-16-31)9-12-30-23-33(50-39(44)26(5)6)34(35(41)36(30)51-40(45)27(7)8)29-13-17-32(18-14-29)47-20-22-49-38(43)25(3)4/h10-11,13-23H,1,3,5,7H2,2,4,6,8H3/b21-19+,22-20+. The third-order valence-corrected chi connectivity index (χ3v) is 6.18. The maximum atomic E-state index is 16.5. The first-order chi connectivity index (χ1) is 24.2. The molecule has 260 valence electrons. The van der Waals surface area contributed by atoms with E-state index in [1.54, 1.807) is 24.3 Å². The topological polar surface area (TPSA) is 124 Å².